The lowest BCUT2D eigenvalue weighted by atomic mass is 9.92. The van der Waals surface area contributed by atoms with Gasteiger partial charge in [0.1, 0.15) is 6.04 Å². The van der Waals surface area contributed by atoms with Crippen molar-refractivity contribution < 1.29 is 9.53 Å². The molecule has 5 aromatic carbocycles. The van der Waals surface area contributed by atoms with Crippen LogP contribution < -0.4 is 0 Å². The maximum Gasteiger partial charge on any atom is 0.329 e. The van der Waals surface area contributed by atoms with E-state index >= 15 is 0 Å². The summed E-state index contributed by atoms with van der Waals surface area (Å²) in [4.78, 5) is 13.7. The van der Waals surface area contributed by atoms with Gasteiger partial charge in [-0.3, -0.25) is 0 Å². The Labute approximate surface area is 216 Å². The van der Waals surface area contributed by atoms with Crippen molar-refractivity contribution in [3.05, 3.63) is 145 Å². The summed E-state index contributed by atoms with van der Waals surface area (Å²) in [7, 11) is 0. The molecule has 3 nitrogen and oxygen atoms in total. The van der Waals surface area contributed by atoms with Crippen LogP contribution in [0.4, 0.5) is 0 Å². The van der Waals surface area contributed by atoms with Crippen LogP contribution in [0.1, 0.15) is 30.2 Å². The summed E-state index contributed by atoms with van der Waals surface area (Å²) in [5.74, 6) is -0.277. The average molecular weight is 482 g/mol. The smallest absolute Gasteiger partial charge is 0.329 e. The predicted molar refractivity (Wildman–Crippen MR) is 150 cm³/mol. The van der Waals surface area contributed by atoms with Gasteiger partial charge in [0.15, 0.2) is 6.10 Å². The number of rotatable bonds is 6. The molecule has 0 bridgehead atoms. The van der Waals surface area contributed by atoms with Crippen molar-refractivity contribution in [3.63, 3.8) is 0 Å². The summed E-state index contributed by atoms with van der Waals surface area (Å²) in [5.41, 5.74) is 4.14. The van der Waals surface area contributed by atoms with Gasteiger partial charge in [-0.2, -0.15) is 0 Å². The Morgan fingerprint density at radius 3 is 1.78 bits per heavy atom. The highest BCUT2D eigenvalue weighted by Gasteiger charge is 2.26. The Kier molecular flexibility index (Phi) is 6.03. The van der Waals surface area contributed by atoms with Crippen LogP contribution in [0.15, 0.2) is 134 Å². The molecule has 0 radical (unpaired) electrons. The fraction of sp³-hybridized carbons (Fsp3) is 0.0882. The Hall–Kier alpha value is -4.63. The highest BCUT2D eigenvalue weighted by Crippen LogP contribution is 2.36. The number of esters is 1. The maximum absolute atomic E-state index is 13.7. The summed E-state index contributed by atoms with van der Waals surface area (Å²) in [6, 6.07) is 40.6. The van der Waals surface area contributed by atoms with Gasteiger partial charge in [0.25, 0.3) is 0 Å². The van der Waals surface area contributed by atoms with E-state index in [2.05, 4.69) is 60.7 Å². The summed E-state index contributed by atoms with van der Waals surface area (Å²) in [6.07, 6.45) is 3.40. The van der Waals surface area contributed by atoms with Gasteiger partial charge in [-0.15, -0.1) is 0 Å². The van der Waals surface area contributed by atoms with Crippen LogP contribution >= 0.6 is 0 Å². The molecule has 1 atom stereocenters. The Bertz CT molecular complexity index is 1610. The summed E-state index contributed by atoms with van der Waals surface area (Å²) in [6.45, 7) is 1.89. The molecule has 6 rings (SSSR count). The van der Waals surface area contributed by atoms with Crippen molar-refractivity contribution in [1.82, 2.24) is 4.57 Å². The second kappa shape index (κ2) is 9.79. The second-order valence-corrected chi connectivity index (χ2v) is 9.34. The van der Waals surface area contributed by atoms with E-state index in [4.69, 9.17) is 4.74 Å². The molecule has 0 saturated carbocycles. The summed E-state index contributed by atoms with van der Waals surface area (Å²) < 4.78 is 8.33. The third-order valence-corrected chi connectivity index (χ3v) is 7.06. The van der Waals surface area contributed by atoms with E-state index in [0.717, 1.165) is 43.8 Å². The van der Waals surface area contributed by atoms with Crippen LogP contribution in [-0.4, -0.2) is 10.5 Å². The number of aromatic nitrogens is 1. The zero-order chi connectivity index (χ0) is 25.2. The maximum atomic E-state index is 13.7. The van der Waals surface area contributed by atoms with E-state index in [1.54, 1.807) is 0 Å². The van der Waals surface area contributed by atoms with Crippen LogP contribution in [-0.2, 0) is 9.53 Å². The first-order chi connectivity index (χ1) is 18.2. The third kappa shape index (κ3) is 4.41. The van der Waals surface area contributed by atoms with Gasteiger partial charge in [0, 0.05) is 23.5 Å². The summed E-state index contributed by atoms with van der Waals surface area (Å²) in [5, 5.41) is 4.39. The highest BCUT2D eigenvalue weighted by molar-refractivity contribution is 5.90. The molecule has 6 aromatic rings. The minimum Gasteiger partial charge on any atom is -0.451 e. The lowest BCUT2D eigenvalue weighted by molar-refractivity contribution is -0.151. The number of fused-ring (bicyclic) bond motifs is 2. The van der Waals surface area contributed by atoms with E-state index in [9.17, 15) is 4.79 Å². The SMILES string of the molecule is C[C@@H](C(=O)OC(c1cccc2ccccc12)c1cccc2ccccc12)n1ccc(-c2ccccc2)c1. The van der Waals surface area contributed by atoms with Crippen LogP contribution in [0.2, 0.25) is 0 Å². The lowest BCUT2D eigenvalue weighted by Gasteiger charge is -2.24. The molecule has 1 aromatic heterocycles. The van der Waals surface area contributed by atoms with Gasteiger partial charge in [-0.1, -0.05) is 115 Å². The monoisotopic (exact) mass is 481 g/mol. The van der Waals surface area contributed by atoms with Crippen molar-refractivity contribution in [2.75, 3.05) is 0 Å². The molecule has 0 unspecified atom stereocenters. The number of hydrogen-bond acceptors (Lipinski definition) is 2. The molecule has 180 valence electrons. The molecule has 0 fully saturated rings. The molecule has 0 spiro atoms. The Morgan fingerprint density at radius 1 is 0.622 bits per heavy atom. The topological polar surface area (TPSA) is 31.2 Å². The molecule has 0 aliphatic heterocycles. The van der Waals surface area contributed by atoms with Gasteiger partial charge >= 0.3 is 5.97 Å². The van der Waals surface area contributed by atoms with Crippen molar-refractivity contribution in [1.29, 1.82) is 0 Å². The molecule has 0 aliphatic carbocycles. The van der Waals surface area contributed by atoms with Crippen molar-refractivity contribution in [2.24, 2.45) is 0 Å². The van der Waals surface area contributed by atoms with Crippen LogP contribution in [0.25, 0.3) is 32.7 Å². The zero-order valence-electron chi connectivity index (χ0n) is 20.6. The molecule has 37 heavy (non-hydrogen) atoms. The fourth-order valence-electron chi connectivity index (χ4n) is 5.04. The minimum absolute atomic E-state index is 0.277. The van der Waals surface area contributed by atoms with Gasteiger partial charge in [0.05, 0.1) is 0 Å². The first kappa shape index (κ1) is 22.8. The molecule has 1 heterocycles. The number of benzene rings is 5. The Morgan fingerprint density at radius 2 is 1.16 bits per heavy atom. The van der Waals surface area contributed by atoms with E-state index in [-0.39, 0.29) is 5.97 Å². The number of carbonyl (C=O) groups excluding carboxylic acids is 1. The van der Waals surface area contributed by atoms with E-state index in [1.807, 2.05) is 84.5 Å². The number of hydrogen-bond donors (Lipinski definition) is 0. The predicted octanol–water partition coefficient (Wildman–Crippen LogP) is 8.36. The van der Waals surface area contributed by atoms with Crippen molar-refractivity contribution >= 4 is 27.5 Å². The molecular weight excluding hydrogens is 454 g/mol. The van der Waals surface area contributed by atoms with E-state index in [0.29, 0.717) is 0 Å². The molecule has 0 amide bonds. The molecule has 0 aliphatic rings. The molecule has 0 N–H and O–H groups in total. The number of ether oxygens (including phenoxy) is 1. The first-order valence-corrected chi connectivity index (χ1v) is 12.6. The van der Waals surface area contributed by atoms with Crippen LogP contribution in [0, 0.1) is 0 Å². The van der Waals surface area contributed by atoms with Gasteiger partial charge < -0.3 is 9.30 Å². The summed E-state index contributed by atoms with van der Waals surface area (Å²) >= 11 is 0. The fourth-order valence-corrected chi connectivity index (χ4v) is 5.04. The quantitative estimate of drug-likeness (QED) is 0.224. The minimum atomic E-state index is -0.545. The van der Waals surface area contributed by atoms with Gasteiger partial charge in [-0.05, 0) is 45.7 Å². The van der Waals surface area contributed by atoms with Gasteiger partial charge in [-0.25, -0.2) is 4.79 Å². The molecule has 0 saturated heterocycles. The number of carbonyl (C=O) groups is 1. The van der Waals surface area contributed by atoms with Crippen LogP contribution in [0.5, 0.6) is 0 Å². The highest BCUT2D eigenvalue weighted by atomic mass is 16.5. The van der Waals surface area contributed by atoms with Crippen molar-refractivity contribution in [2.45, 2.75) is 19.1 Å². The third-order valence-electron chi connectivity index (χ3n) is 7.06. The van der Waals surface area contributed by atoms with E-state index < -0.39 is 12.1 Å². The second-order valence-electron chi connectivity index (χ2n) is 9.34. The first-order valence-electron chi connectivity index (χ1n) is 12.6. The number of nitrogens with zero attached hydrogens (tertiary/aromatic N) is 1. The van der Waals surface area contributed by atoms with Crippen molar-refractivity contribution in [3.8, 4) is 11.1 Å². The zero-order valence-corrected chi connectivity index (χ0v) is 20.6. The van der Waals surface area contributed by atoms with Gasteiger partial charge in [0.2, 0.25) is 0 Å². The lowest BCUT2D eigenvalue weighted by Crippen LogP contribution is -2.21. The normalized spacial score (nSPS) is 12.2. The standard InChI is InChI=1S/C34H27NO2/c1-24(35-22-21-28(23-35)25-11-3-2-4-12-25)34(36)37-33(31-19-9-15-26-13-5-7-17-29(26)31)32-20-10-16-27-14-6-8-18-30(27)32/h2-24,33H,1H3/t24-/m0/s1. The van der Waals surface area contributed by atoms with E-state index in [1.165, 1.54) is 0 Å². The average Bonchev–Trinajstić information content (AvgIpc) is 3.46. The Balaban J connectivity index is 1.40. The van der Waals surface area contributed by atoms with Crippen LogP contribution in [0.3, 0.4) is 0 Å². The molecular formula is C34H27NO2. The largest absolute Gasteiger partial charge is 0.451 e. The molecule has 3 heteroatoms.